The molecule has 0 unspecified atom stereocenters. The van der Waals surface area contributed by atoms with Crippen LogP contribution in [0, 0.1) is 5.41 Å². The van der Waals surface area contributed by atoms with E-state index in [0.717, 1.165) is 44.2 Å². The van der Waals surface area contributed by atoms with Crippen LogP contribution >= 0.6 is 0 Å². The predicted octanol–water partition coefficient (Wildman–Crippen LogP) is 3.05. The summed E-state index contributed by atoms with van der Waals surface area (Å²) >= 11 is 0. The molecule has 0 radical (unpaired) electrons. The molecule has 2 rings (SSSR count). The molecule has 1 aromatic rings. The largest absolute Gasteiger partial charge is 0.481 e. The summed E-state index contributed by atoms with van der Waals surface area (Å²) in [5.41, 5.74) is 0.508. The first-order valence-electron chi connectivity index (χ1n) is 6.36. The summed E-state index contributed by atoms with van der Waals surface area (Å²) in [7, 11) is 0. The molecule has 1 saturated carbocycles. The highest BCUT2D eigenvalue weighted by Crippen LogP contribution is 2.40. The Hall–Kier alpha value is -1.38. The number of pyridine rings is 1. The Morgan fingerprint density at radius 2 is 2.06 bits per heavy atom. The van der Waals surface area contributed by atoms with Crippen LogP contribution in [-0.2, 0) is 11.2 Å². The van der Waals surface area contributed by atoms with Gasteiger partial charge in [-0.2, -0.15) is 0 Å². The van der Waals surface area contributed by atoms with Crippen LogP contribution in [0.25, 0.3) is 0 Å². The van der Waals surface area contributed by atoms with Crippen molar-refractivity contribution in [3.05, 3.63) is 30.1 Å². The van der Waals surface area contributed by atoms with Crippen LogP contribution in [0.4, 0.5) is 0 Å². The van der Waals surface area contributed by atoms with E-state index in [4.69, 9.17) is 0 Å². The third-order valence-corrected chi connectivity index (χ3v) is 3.85. The number of nitrogens with zero attached hydrogens (tertiary/aromatic N) is 1. The third kappa shape index (κ3) is 2.84. The standard InChI is InChI=1S/C14H19NO2/c16-13(17)14(8-3-1-4-9-14)10-7-12-6-2-5-11-15-12/h2,5-6,11H,1,3-4,7-10H2,(H,16,17). The molecule has 1 N–H and O–H groups in total. The second kappa shape index (κ2) is 5.30. The van der Waals surface area contributed by atoms with Gasteiger partial charge in [0.2, 0.25) is 0 Å². The van der Waals surface area contributed by atoms with Crippen molar-refractivity contribution in [2.24, 2.45) is 5.41 Å². The highest BCUT2D eigenvalue weighted by atomic mass is 16.4. The smallest absolute Gasteiger partial charge is 0.309 e. The number of hydrogen-bond donors (Lipinski definition) is 1. The molecule has 3 heteroatoms. The average molecular weight is 233 g/mol. The van der Waals surface area contributed by atoms with Gasteiger partial charge in [-0.25, -0.2) is 0 Å². The first-order valence-corrected chi connectivity index (χ1v) is 6.36. The van der Waals surface area contributed by atoms with Gasteiger partial charge in [0.1, 0.15) is 0 Å². The van der Waals surface area contributed by atoms with Crippen LogP contribution in [0.15, 0.2) is 24.4 Å². The maximum Gasteiger partial charge on any atom is 0.309 e. The van der Waals surface area contributed by atoms with Gasteiger partial charge >= 0.3 is 5.97 Å². The van der Waals surface area contributed by atoms with Crippen molar-refractivity contribution < 1.29 is 9.90 Å². The number of carbonyl (C=O) groups is 1. The molecular weight excluding hydrogens is 214 g/mol. The molecule has 0 aromatic carbocycles. The van der Waals surface area contributed by atoms with E-state index in [9.17, 15) is 9.90 Å². The quantitative estimate of drug-likeness (QED) is 0.869. The molecule has 92 valence electrons. The molecule has 0 atom stereocenters. The van der Waals surface area contributed by atoms with Crippen molar-refractivity contribution in [1.29, 1.82) is 0 Å². The Morgan fingerprint density at radius 1 is 1.29 bits per heavy atom. The highest BCUT2D eigenvalue weighted by molar-refractivity contribution is 5.74. The zero-order valence-corrected chi connectivity index (χ0v) is 10.1. The van der Waals surface area contributed by atoms with Crippen LogP contribution in [0.1, 0.15) is 44.2 Å². The topological polar surface area (TPSA) is 50.2 Å². The van der Waals surface area contributed by atoms with E-state index in [1.807, 2.05) is 18.2 Å². The summed E-state index contributed by atoms with van der Waals surface area (Å²) in [6, 6.07) is 5.81. The van der Waals surface area contributed by atoms with Gasteiger partial charge in [-0.3, -0.25) is 9.78 Å². The fraction of sp³-hybridized carbons (Fsp3) is 0.571. The first kappa shape index (κ1) is 12.1. The Balaban J connectivity index is 2.01. The number of aryl methyl sites for hydroxylation is 1. The summed E-state index contributed by atoms with van der Waals surface area (Å²) in [5.74, 6) is -0.617. The number of carboxylic acid groups (broad SMARTS) is 1. The zero-order valence-electron chi connectivity index (χ0n) is 10.1. The lowest BCUT2D eigenvalue weighted by atomic mass is 9.71. The lowest BCUT2D eigenvalue weighted by Crippen LogP contribution is -2.33. The van der Waals surface area contributed by atoms with Gasteiger partial charge in [0.15, 0.2) is 0 Å². The normalized spacial score (nSPS) is 18.8. The highest BCUT2D eigenvalue weighted by Gasteiger charge is 2.38. The van der Waals surface area contributed by atoms with E-state index in [1.54, 1.807) is 6.20 Å². The van der Waals surface area contributed by atoms with Gasteiger partial charge in [-0.05, 0) is 37.8 Å². The van der Waals surface area contributed by atoms with Gasteiger partial charge in [-0.1, -0.05) is 25.3 Å². The second-order valence-corrected chi connectivity index (χ2v) is 4.97. The van der Waals surface area contributed by atoms with E-state index in [-0.39, 0.29) is 0 Å². The van der Waals surface area contributed by atoms with Gasteiger partial charge in [0.05, 0.1) is 5.41 Å². The van der Waals surface area contributed by atoms with E-state index in [2.05, 4.69) is 4.98 Å². The molecular formula is C14H19NO2. The minimum atomic E-state index is -0.617. The Labute approximate surface area is 102 Å². The van der Waals surface area contributed by atoms with Gasteiger partial charge in [-0.15, -0.1) is 0 Å². The van der Waals surface area contributed by atoms with Crippen molar-refractivity contribution in [3.63, 3.8) is 0 Å². The zero-order chi connectivity index (χ0) is 12.1. The Kier molecular flexibility index (Phi) is 3.77. The molecule has 3 nitrogen and oxygen atoms in total. The molecule has 0 saturated heterocycles. The molecule has 0 bridgehead atoms. The van der Waals surface area contributed by atoms with Crippen molar-refractivity contribution in [2.75, 3.05) is 0 Å². The van der Waals surface area contributed by atoms with E-state index < -0.39 is 11.4 Å². The van der Waals surface area contributed by atoms with Crippen molar-refractivity contribution in [2.45, 2.75) is 44.9 Å². The van der Waals surface area contributed by atoms with Crippen molar-refractivity contribution in [1.82, 2.24) is 4.98 Å². The Morgan fingerprint density at radius 3 is 2.65 bits per heavy atom. The molecule has 0 spiro atoms. The third-order valence-electron chi connectivity index (χ3n) is 3.85. The molecule has 0 amide bonds. The van der Waals surface area contributed by atoms with E-state index >= 15 is 0 Å². The number of hydrogen-bond acceptors (Lipinski definition) is 2. The maximum atomic E-state index is 11.5. The summed E-state index contributed by atoms with van der Waals surface area (Å²) in [6.45, 7) is 0. The average Bonchev–Trinajstić information content (AvgIpc) is 2.38. The molecule has 1 fully saturated rings. The summed E-state index contributed by atoms with van der Waals surface area (Å²) in [5, 5.41) is 9.45. The first-order chi connectivity index (χ1) is 8.23. The van der Waals surface area contributed by atoms with Crippen LogP contribution in [0.2, 0.25) is 0 Å². The summed E-state index contributed by atoms with van der Waals surface area (Å²) < 4.78 is 0. The molecule has 1 aliphatic rings. The SMILES string of the molecule is O=C(O)C1(CCc2ccccn2)CCCCC1. The minimum Gasteiger partial charge on any atom is -0.481 e. The molecule has 1 heterocycles. The fourth-order valence-corrected chi connectivity index (χ4v) is 2.71. The van der Waals surface area contributed by atoms with Crippen LogP contribution < -0.4 is 0 Å². The molecule has 17 heavy (non-hydrogen) atoms. The summed E-state index contributed by atoms with van der Waals surface area (Å²) in [6.07, 6.45) is 8.20. The van der Waals surface area contributed by atoms with Crippen LogP contribution in [0.5, 0.6) is 0 Å². The molecule has 1 aromatic heterocycles. The van der Waals surface area contributed by atoms with Gasteiger partial charge in [0.25, 0.3) is 0 Å². The van der Waals surface area contributed by atoms with Crippen LogP contribution in [0.3, 0.4) is 0 Å². The monoisotopic (exact) mass is 233 g/mol. The van der Waals surface area contributed by atoms with Crippen LogP contribution in [-0.4, -0.2) is 16.1 Å². The van der Waals surface area contributed by atoms with Crippen molar-refractivity contribution in [3.8, 4) is 0 Å². The molecule has 0 aliphatic heterocycles. The minimum absolute atomic E-state index is 0.490. The lowest BCUT2D eigenvalue weighted by Gasteiger charge is -2.33. The lowest BCUT2D eigenvalue weighted by molar-refractivity contribution is -0.151. The molecule has 1 aliphatic carbocycles. The van der Waals surface area contributed by atoms with Crippen molar-refractivity contribution >= 4 is 5.97 Å². The van der Waals surface area contributed by atoms with Gasteiger partial charge in [0, 0.05) is 11.9 Å². The maximum absolute atomic E-state index is 11.5. The predicted molar refractivity (Wildman–Crippen MR) is 65.7 cm³/mol. The number of carboxylic acids is 1. The second-order valence-electron chi connectivity index (χ2n) is 4.97. The summed E-state index contributed by atoms with van der Waals surface area (Å²) in [4.78, 5) is 15.7. The number of aliphatic carboxylic acids is 1. The van der Waals surface area contributed by atoms with E-state index in [1.165, 1.54) is 6.42 Å². The number of rotatable bonds is 4. The Bertz CT molecular complexity index is 369. The fourth-order valence-electron chi connectivity index (χ4n) is 2.71. The van der Waals surface area contributed by atoms with Gasteiger partial charge < -0.3 is 5.11 Å². The number of aromatic nitrogens is 1. The van der Waals surface area contributed by atoms with E-state index in [0.29, 0.717) is 0 Å².